The average Bonchev–Trinajstić information content (AvgIpc) is 2.99. The summed E-state index contributed by atoms with van der Waals surface area (Å²) in [6.07, 6.45) is 2.39. The molecule has 1 N–H and O–H groups in total. The van der Waals surface area contributed by atoms with Crippen molar-refractivity contribution < 1.29 is 9.59 Å². The highest BCUT2D eigenvalue weighted by Crippen LogP contribution is 2.39. The van der Waals surface area contributed by atoms with E-state index in [0.717, 1.165) is 24.8 Å². The van der Waals surface area contributed by atoms with Gasteiger partial charge in [0.1, 0.15) is 0 Å². The first-order valence-corrected chi connectivity index (χ1v) is 9.36. The Labute approximate surface area is 158 Å². The van der Waals surface area contributed by atoms with Crippen molar-refractivity contribution in [1.82, 2.24) is 10.2 Å². The van der Waals surface area contributed by atoms with Crippen LogP contribution in [0.1, 0.15) is 41.1 Å². The van der Waals surface area contributed by atoms with E-state index in [0.29, 0.717) is 23.7 Å². The summed E-state index contributed by atoms with van der Waals surface area (Å²) in [5.41, 5.74) is 1.54. The molecule has 2 saturated heterocycles. The molecule has 2 aliphatic rings. The number of nitrogens with one attached hydrogen (secondary N) is 1. The fourth-order valence-electron chi connectivity index (χ4n) is 4.08. The first-order chi connectivity index (χ1) is 12.6. The van der Waals surface area contributed by atoms with Gasteiger partial charge >= 0.3 is 0 Å². The number of benzene rings is 2. The molecule has 2 amide bonds. The lowest BCUT2D eigenvalue weighted by Crippen LogP contribution is -2.52. The lowest BCUT2D eigenvalue weighted by molar-refractivity contribution is -0.121. The number of carbonyl (C=O) groups excluding carboxylic acids is 2. The standard InChI is InChI=1S/C21H21ClN2O2/c22-17-8-6-16(7-9-17)20(26)24-12-10-21(11-13-24)14-18(19(25)23-21)15-4-2-1-3-5-15/h1-9,18H,10-14H2,(H,23,25)/t18-/m1/s1. The lowest BCUT2D eigenvalue weighted by Gasteiger charge is -2.39. The number of hydrogen-bond acceptors (Lipinski definition) is 2. The number of halogens is 1. The third kappa shape index (κ3) is 3.21. The summed E-state index contributed by atoms with van der Waals surface area (Å²) >= 11 is 5.90. The number of amides is 2. The summed E-state index contributed by atoms with van der Waals surface area (Å²) in [5, 5.41) is 3.85. The number of rotatable bonds is 2. The van der Waals surface area contributed by atoms with E-state index in [1.165, 1.54) is 0 Å². The molecule has 5 heteroatoms. The minimum Gasteiger partial charge on any atom is -0.350 e. The van der Waals surface area contributed by atoms with E-state index < -0.39 is 0 Å². The van der Waals surface area contributed by atoms with E-state index in [9.17, 15) is 9.59 Å². The van der Waals surface area contributed by atoms with Crippen molar-refractivity contribution in [2.45, 2.75) is 30.7 Å². The summed E-state index contributed by atoms with van der Waals surface area (Å²) in [7, 11) is 0. The number of piperidine rings is 1. The van der Waals surface area contributed by atoms with Gasteiger partial charge < -0.3 is 10.2 Å². The van der Waals surface area contributed by atoms with E-state index in [-0.39, 0.29) is 23.3 Å². The van der Waals surface area contributed by atoms with Gasteiger partial charge in [-0.3, -0.25) is 9.59 Å². The molecule has 0 bridgehead atoms. The highest BCUT2D eigenvalue weighted by molar-refractivity contribution is 6.30. The second kappa shape index (κ2) is 6.76. The van der Waals surface area contributed by atoms with Crippen molar-refractivity contribution in [3.8, 4) is 0 Å². The lowest BCUT2D eigenvalue weighted by atomic mass is 9.82. The minimum atomic E-state index is -0.186. The molecule has 2 heterocycles. The van der Waals surface area contributed by atoms with Gasteiger partial charge in [0.2, 0.25) is 5.91 Å². The minimum absolute atomic E-state index is 0.0282. The highest BCUT2D eigenvalue weighted by Gasteiger charge is 2.46. The Morgan fingerprint density at radius 2 is 1.69 bits per heavy atom. The molecule has 2 fully saturated rings. The second-order valence-electron chi connectivity index (χ2n) is 7.24. The molecule has 134 valence electrons. The second-order valence-corrected chi connectivity index (χ2v) is 7.67. The Morgan fingerprint density at radius 3 is 2.35 bits per heavy atom. The third-order valence-corrected chi connectivity index (χ3v) is 5.85. The maximum absolute atomic E-state index is 12.7. The van der Waals surface area contributed by atoms with Crippen molar-refractivity contribution >= 4 is 23.4 Å². The summed E-state index contributed by atoms with van der Waals surface area (Å²) < 4.78 is 0. The van der Waals surface area contributed by atoms with Crippen LogP contribution in [0.5, 0.6) is 0 Å². The predicted octanol–water partition coefficient (Wildman–Crippen LogP) is 3.62. The zero-order valence-corrected chi connectivity index (χ0v) is 15.2. The molecule has 1 spiro atoms. The molecule has 26 heavy (non-hydrogen) atoms. The smallest absolute Gasteiger partial charge is 0.253 e. The van der Waals surface area contributed by atoms with Crippen LogP contribution in [0.25, 0.3) is 0 Å². The fourth-order valence-corrected chi connectivity index (χ4v) is 4.21. The zero-order valence-electron chi connectivity index (χ0n) is 14.5. The van der Waals surface area contributed by atoms with E-state index >= 15 is 0 Å². The van der Waals surface area contributed by atoms with Crippen LogP contribution in [0.2, 0.25) is 5.02 Å². The Hall–Kier alpha value is -2.33. The maximum Gasteiger partial charge on any atom is 0.253 e. The molecule has 2 aromatic carbocycles. The van der Waals surface area contributed by atoms with Crippen molar-refractivity contribution in [3.63, 3.8) is 0 Å². The van der Waals surface area contributed by atoms with Crippen LogP contribution in [0.15, 0.2) is 54.6 Å². The van der Waals surface area contributed by atoms with Gasteiger partial charge in [0, 0.05) is 29.2 Å². The van der Waals surface area contributed by atoms with Gasteiger partial charge in [-0.1, -0.05) is 41.9 Å². The maximum atomic E-state index is 12.7. The highest BCUT2D eigenvalue weighted by atomic mass is 35.5. The van der Waals surface area contributed by atoms with E-state index in [1.807, 2.05) is 35.2 Å². The van der Waals surface area contributed by atoms with E-state index in [4.69, 9.17) is 11.6 Å². The molecule has 2 aliphatic heterocycles. The number of hydrogen-bond donors (Lipinski definition) is 1. The molecule has 2 aromatic rings. The molecule has 0 aliphatic carbocycles. The van der Waals surface area contributed by atoms with Crippen molar-refractivity contribution in [1.29, 1.82) is 0 Å². The molecular weight excluding hydrogens is 348 g/mol. The van der Waals surface area contributed by atoms with E-state index in [2.05, 4.69) is 5.32 Å². The number of nitrogens with zero attached hydrogens (tertiary/aromatic N) is 1. The van der Waals surface area contributed by atoms with Crippen LogP contribution >= 0.6 is 11.6 Å². The Balaban J connectivity index is 1.43. The molecular formula is C21H21ClN2O2. The third-order valence-electron chi connectivity index (χ3n) is 5.60. The van der Waals surface area contributed by atoms with Gasteiger partial charge in [0.15, 0.2) is 0 Å². The largest absolute Gasteiger partial charge is 0.350 e. The quantitative estimate of drug-likeness (QED) is 0.880. The summed E-state index contributed by atoms with van der Waals surface area (Å²) in [4.78, 5) is 27.0. The summed E-state index contributed by atoms with van der Waals surface area (Å²) in [6, 6.07) is 16.9. The molecule has 4 rings (SSSR count). The first kappa shape index (κ1) is 17.1. The first-order valence-electron chi connectivity index (χ1n) is 8.98. The molecule has 4 nitrogen and oxygen atoms in total. The Bertz CT molecular complexity index is 812. The molecule has 1 atom stereocenters. The summed E-state index contributed by atoms with van der Waals surface area (Å²) in [5.74, 6) is 0.0452. The molecule has 0 unspecified atom stereocenters. The van der Waals surface area contributed by atoms with Crippen molar-refractivity contribution in [2.75, 3.05) is 13.1 Å². The van der Waals surface area contributed by atoms with Gasteiger partial charge in [0.05, 0.1) is 5.92 Å². The van der Waals surface area contributed by atoms with Crippen LogP contribution in [-0.4, -0.2) is 35.3 Å². The fraction of sp³-hybridized carbons (Fsp3) is 0.333. The Morgan fingerprint density at radius 1 is 1.04 bits per heavy atom. The van der Waals surface area contributed by atoms with Gasteiger partial charge in [-0.05, 0) is 49.1 Å². The van der Waals surface area contributed by atoms with Crippen LogP contribution in [0, 0.1) is 0 Å². The zero-order chi connectivity index (χ0) is 18.1. The van der Waals surface area contributed by atoms with Crippen molar-refractivity contribution in [2.24, 2.45) is 0 Å². The molecule has 0 aromatic heterocycles. The van der Waals surface area contributed by atoms with Crippen LogP contribution < -0.4 is 5.32 Å². The number of carbonyl (C=O) groups is 2. The number of likely N-dealkylation sites (tertiary alicyclic amines) is 1. The molecule has 0 saturated carbocycles. The van der Waals surface area contributed by atoms with E-state index in [1.54, 1.807) is 24.3 Å². The van der Waals surface area contributed by atoms with Crippen LogP contribution in [0.4, 0.5) is 0 Å². The summed E-state index contributed by atoms with van der Waals surface area (Å²) in [6.45, 7) is 1.31. The van der Waals surface area contributed by atoms with Gasteiger partial charge in [-0.15, -0.1) is 0 Å². The average molecular weight is 369 g/mol. The normalized spacial score (nSPS) is 21.7. The predicted molar refractivity (Wildman–Crippen MR) is 101 cm³/mol. The van der Waals surface area contributed by atoms with Crippen molar-refractivity contribution in [3.05, 3.63) is 70.7 Å². The topological polar surface area (TPSA) is 49.4 Å². The SMILES string of the molecule is O=C1NC2(CCN(C(=O)c3ccc(Cl)cc3)CC2)C[C@@H]1c1ccccc1. The van der Waals surface area contributed by atoms with Crippen LogP contribution in [-0.2, 0) is 4.79 Å². The van der Waals surface area contributed by atoms with Gasteiger partial charge in [-0.25, -0.2) is 0 Å². The molecule has 0 radical (unpaired) electrons. The van der Waals surface area contributed by atoms with Crippen LogP contribution in [0.3, 0.4) is 0 Å². The van der Waals surface area contributed by atoms with Gasteiger partial charge in [0.25, 0.3) is 5.91 Å². The van der Waals surface area contributed by atoms with Gasteiger partial charge in [-0.2, -0.15) is 0 Å². The monoisotopic (exact) mass is 368 g/mol. The Kier molecular flexibility index (Phi) is 4.45.